The standard InChI is InChI=1S/C31H32FN5O3/c1-36-23(11-13-34-36)19-37-14-12-31(40,22(18-37)15-20-5-3-2-4-6-20)26-8-9-27-25(29(26)32)16-21(17-33-27)24-7-10-28(38)35-30(24)39/h2-6,8-9,11,13,16-17,22,24,40H,7,10,12,14-15,18-19H2,1H3,(H,35,38,39). The third-order valence-corrected chi connectivity index (χ3v) is 8.52. The number of nitrogens with one attached hydrogen (secondary N) is 1. The number of likely N-dealkylation sites (tertiary alicyclic amines) is 1. The molecule has 4 heterocycles. The molecule has 4 aromatic rings. The van der Waals surface area contributed by atoms with Crippen LogP contribution in [0.25, 0.3) is 10.9 Å². The SMILES string of the molecule is Cn1nccc1CN1CCC(O)(c2ccc3ncc(C4CCC(=O)NC4=O)cc3c2F)C(Cc2ccccc2)C1. The Morgan fingerprint density at radius 2 is 1.98 bits per heavy atom. The van der Waals surface area contributed by atoms with Gasteiger partial charge in [0, 0.05) is 62.4 Å². The molecule has 2 fully saturated rings. The number of carbonyl (C=O) groups is 2. The number of aromatic nitrogens is 3. The first-order valence-electron chi connectivity index (χ1n) is 13.7. The van der Waals surface area contributed by atoms with Crippen LogP contribution in [0.2, 0.25) is 0 Å². The van der Waals surface area contributed by atoms with E-state index in [-0.39, 0.29) is 29.2 Å². The van der Waals surface area contributed by atoms with Crippen LogP contribution in [0.1, 0.15) is 47.6 Å². The smallest absolute Gasteiger partial charge is 0.234 e. The summed E-state index contributed by atoms with van der Waals surface area (Å²) in [5, 5.41) is 19.2. The molecule has 6 rings (SSSR count). The van der Waals surface area contributed by atoms with Gasteiger partial charge in [0.1, 0.15) is 5.82 Å². The van der Waals surface area contributed by atoms with Gasteiger partial charge in [0.25, 0.3) is 0 Å². The van der Waals surface area contributed by atoms with Crippen LogP contribution in [-0.2, 0) is 35.2 Å². The summed E-state index contributed by atoms with van der Waals surface area (Å²) in [4.78, 5) is 30.8. The Morgan fingerprint density at radius 3 is 2.73 bits per heavy atom. The van der Waals surface area contributed by atoms with Gasteiger partial charge in [0.05, 0.1) is 22.7 Å². The Morgan fingerprint density at radius 1 is 1.15 bits per heavy atom. The second kappa shape index (κ2) is 10.6. The number of aliphatic hydroxyl groups is 1. The highest BCUT2D eigenvalue weighted by Gasteiger charge is 2.45. The maximum Gasteiger partial charge on any atom is 0.234 e. The Kier molecular flexibility index (Phi) is 6.93. The van der Waals surface area contributed by atoms with Crippen molar-refractivity contribution in [2.24, 2.45) is 13.0 Å². The van der Waals surface area contributed by atoms with Crippen LogP contribution in [-0.4, -0.2) is 49.7 Å². The van der Waals surface area contributed by atoms with Crippen molar-refractivity contribution >= 4 is 22.7 Å². The quantitative estimate of drug-likeness (QED) is 0.362. The number of carbonyl (C=O) groups excluding carboxylic acids is 2. The molecule has 0 aliphatic carbocycles. The van der Waals surface area contributed by atoms with Gasteiger partial charge in [-0.2, -0.15) is 5.10 Å². The highest BCUT2D eigenvalue weighted by atomic mass is 19.1. The maximum absolute atomic E-state index is 16.4. The predicted molar refractivity (Wildman–Crippen MR) is 147 cm³/mol. The number of piperidine rings is 2. The molecule has 2 aromatic carbocycles. The number of imide groups is 1. The van der Waals surface area contributed by atoms with E-state index in [2.05, 4.69) is 20.3 Å². The number of amides is 2. The topological polar surface area (TPSA) is 100 Å². The van der Waals surface area contributed by atoms with Crippen molar-refractivity contribution in [1.82, 2.24) is 25.0 Å². The minimum atomic E-state index is -1.40. The zero-order chi connectivity index (χ0) is 27.9. The minimum Gasteiger partial charge on any atom is -0.385 e. The summed E-state index contributed by atoms with van der Waals surface area (Å²) >= 11 is 0. The second-order valence-corrected chi connectivity index (χ2v) is 11.0. The zero-order valence-electron chi connectivity index (χ0n) is 22.4. The molecule has 2 saturated heterocycles. The van der Waals surface area contributed by atoms with Crippen LogP contribution < -0.4 is 5.32 Å². The number of hydrogen-bond acceptors (Lipinski definition) is 6. The Bertz CT molecular complexity index is 1570. The van der Waals surface area contributed by atoms with Crippen molar-refractivity contribution in [2.45, 2.75) is 43.7 Å². The van der Waals surface area contributed by atoms with E-state index >= 15 is 4.39 Å². The third-order valence-electron chi connectivity index (χ3n) is 8.52. The molecule has 2 N–H and O–H groups in total. The molecule has 9 heteroatoms. The fourth-order valence-electron chi connectivity index (χ4n) is 6.22. The highest BCUT2D eigenvalue weighted by Crippen LogP contribution is 2.42. The van der Waals surface area contributed by atoms with Crippen LogP contribution in [0.3, 0.4) is 0 Å². The van der Waals surface area contributed by atoms with E-state index in [0.29, 0.717) is 50.0 Å². The van der Waals surface area contributed by atoms with Gasteiger partial charge in [0.15, 0.2) is 0 Å². The Balaban J connectivity index is 1.36. The van der Waals surface area contributed by atoms with E-state index in [9.17, 15) is 14.7 Å². The fourth-order valence-corrected chi connectivity index (χ4v) is 6.22. The molecule has 0 bridgehead atoms. The number of aryl methyl sites for hydroxylation is 1. The van der Waals surface area contributed by atoms with Crippen LogP contribution in [0, 0.1) is 11.7 Å². The first-order valence-corrected chi connectivity index (χ1v) is 13.7. The van der Waals surface area contributed by atoms with E-state index < -0.39 is 23.2 Å². The van der Waals surface area contributed by atoms with Crippen molar-refractivity contribution in [2.75, 3.05) is 13.1 Å². The van der Waals surface area contributed by atoms with Crippen molar-refractivity contribution < 1.29 is 19.1 Å². The predicted octanol–water partition coefficient (Wildman–Crippen LogP) is 3.58. The van der Waals surface area contributed by atoms with Crippen LogP contribution >= 0.6 is 0 Å². The van der Waals surface area contributed by atoms with Crippen molar-refractivity contribution in [3.8, 4) is 0 Å². The Labute approximate surface area is 231 Å². The molecule has 2 aliphatic rings. The molecule has 2 aliphatic heterocycles. The monoisotopic (exact) mass is 541 g/mol. The number of rotatable bonds is 6. The lowest BCUT2D eigenvalue weighted by atomic mass is 9.72. The Hall–Kier alpha value is -3.95. The van der Waals surface area contributed by atoms with Crippen LogP contribution in [0.5, 0.6) is 0 Å². The maximum atomic E-state index is 16.4. The molecule has 2 aromatic heterocycles. The number of hydrogen-bond donors (Lipinski definition) is 2. The molecular weight excluding hydrogens is 509 g/mol. The van der Waals surface area contributed by atoms with Gasteiger partial charge in [-0.05, 0) is 48.6 Å². The van der Waals surface area contributed by atoms with E-state index in [4.69, 9.17) is 0 Å². The fraction of sp³-hybridized carbons (Fsp3) is 0.355. The lowest BCUT2D eigenvalue weighted by Crippen LogP contribution is -2.51. The summed E-state index contributed by atoms with van der Waals surface area (Å²) in [5.74, 6) is -2.04. The molecule has 0 radical (unpaired) electrons. The van der Waals surface area contributed by atoms with Gasteiger partial charge in [0.2, 0.25) is 11.8 Å². The van der Waals surface area contributed by atoms with E-state index in [1.54, 1.807) is 30.6 Å². The van der Waals surface area contributed by atoms with Gasteiger partial charge in [-0.3, -0.25) is 29.5 Å². The van der Waals surface area contributed by atoms with E-state index in [1.165, 1.54) is 0 Å². The molecule has 40 heavy (non-hydrogen) atoms. The lowest BCUT2D eigenvalue weighted by molar-refractivity contribution is -0.134. The summed E-state index contributed by atoms with van der Waals surface area (Å²) in [6.07, 6.45) is 4.89. The lowest BCUT2D eigenvalue weighted by Gasteiger charge is -2.45. The van der Waals surface area contributed by atoms with Gasteiger partial charge in [-0.1, -0.05) is 36.4 Å². The molecule has 3 atom stereocenters. The molecule has 0 saturated carbocycles. The van der Waals surface area contributed by atoms with E-state index in [0.717, 1.165) is 11.3 Å². The summed E-state index contributed by atoms with van der Waals surface area (Å²) < 4.78 is 18.2. The van der Waals surface area contributed by atoms with Gasteiger partial charge in [-0.25, -0.2) is 4.39 Å². The first-order chi connectivity index (χ1) is 19.3. The third kappa shape index (κ3) is 4.91. The summed E-state index contributed by atoms with van der Waals surface area (Å²) in [5.41, 5.74) is 2.02. The molecule has 8 nitrogen and oxygen atoms in total. The average Bonchev–Trinajstić information content (AvgIpc) is 3.35. The van der Waals surface area contributed by atoms with E-state index in [1.807, 2.05) is 48.1 Å². The van der Waals surface area contributed by atoms with Gasteiger partial charge in [-0.15, -0.1) is 0 Å². The summed E-state index contributed by atoms with van der Waals surface area (Å²) in [7, 11) is 1.92. The number of halogens is 1. The van der Waals surface area contributed by atoms with Crippen LogP contribution in [0.15, 0.2) is 67.0 Å². The molecular formula is C31H32FN5O3. The molecule has 0 spiro atoms. The second-order valence-electron chi connectivity index (χ2n) is 11.0. The zero-order valence-corrected chi connectivity index (χ0v) is 22.4. The van der Waals surface area contributed by atoms with Crippen molar-refractivity contribution in [3.05, 3.63) is 95.2 Å². The molecule has 3 unspecified atom stereocenters. The van der Waals surface area contributed by atoms with Crippen molar-refractivity contribution in [1.29, 1.82) is 0 Å². The van der Waals surface area contributed by atoms with Crippen molar-refractivity contribution in [3.63, 3.8) is 0 Å². The number of benzene rings is 2. The first kappa shape index (κ1) is 26.3. The number of pyridine rings is 1. The minimum absolute atomic E-state index is 0.229. The summed E-state index contributed by atoms with van der Waals surface area (Å²) in [6.45, 7) is 1.87. The largest absolute Gasteiger partial charge is 0.385 e. The summed E-state index contributed by atoms with van der Waals surface area (Å²) in [6, 6.07) is 17.0. The van der Waals surface area contributed by atoms with Gasteiger partial charge < -0.3 is 5.11 Å². The molecule has 206 valence electrons. The number of nitrogens with zero attached hydrogens (tertiary/aromatic N) is 4. The van der Waals surface area contributed by atoms with Gasteiger partial charge >= 0.3 is 0 Å². The van der Waals surface area contributed by atoms with Crippen LogP contribution in [0.4, 0.5) is 4.39 Å². The normalized spacial score (nSPS) is 23.9. The number of fused-ring (bicyclic) bond motifs is 1. The molecule has 2 amide bonds. The highest BCUT2D eigenvalue weighted by molar-refractivity contribution is 6.01. The average molecular weight is 542 g/mol.